The molecule has 0 aliphatic carbocycles. The lowest BCUT2D eigenvalue weighted by molar-refractivity contribution is 0.0963. The van der Waals surface area contributed by atoms with Crippen LogP contribution in [-0.4, -0.2) is 10.5 Å². The summed E-state index contributed by atoms with van der Waals surface area (Å²) in [5, 5.41) is 4.44. The number of fused-ring (bicyclic) bond motifs is 1. The van der Waals surface area contributed by atoms with Crippen molar-refractivity contribution in [2.45, 2.75) is 13.5 Å². The van der Waals surface area contributed by atoms with E-state index in [1.54, 1.807) is 28.8 Å². The van der Waals surface area contributed by atoms with Gasteiger partial charge in [-0.05, 0) is 37.3 Å². The van der Waals surface area contributed by atoms with Crippen LogP contribution in [0.25, 0.3) is 10.9 Å². The fourth-order valence-corrected chi connectivity index (χ4v) is 2.81. The summed E-state index contributed by atoms with van der Waals surface area (Å²) < 4.78 is 1.62. The molecule has 0 radical (unpaired) electrons. The molecule has 0 bridgehead atoms. The molecule has 0 unspecified atom stereocenters. The van der Waals surface area contributed by atoms with Crippen LogP contribution in [0.1, 0.15) is 21.6 Å². The predicted octanol–water partition coefficient (Wildman–Crippen LogP) is 4.56. The predicted molar refractivity (Wildman–Crippen MR) is 87.4 cm³/mol. The standard InChI is InChI=1S/C17H13ClN2O2/c1-11-15(10-19-22)14-4-2-3-5-16(14)20(11)17(21)12-6-8-13(18)9-7-12/h2-9H,10H2,1H3. The molecule has 1 heterocycles. The van der Waals surface area contributed by atoms with Crippen molar-refractivity contribution in [3.05, 3.63) is 75.3 Å². The molecule has 0 saturated carbocycles. The van der Waals surface area contributed by atoms with Crippen LogP contribution in [0.3, 0.4) is 0 Å². The highest BCUT2D eigenvalue weighted by Crippen LogP contribution is 2.27. The maximum Gasteiger partial charge on any atom is 0.262 e. The van der Waals surface area contributed by atoms with Crippen molar-refractivity contribution in [1.29, 1.82) is 0 Å². The fourth-order valence-electron chi connectivity index (χ4n) is 2.68. The average Bonchev–Trinajstić information content (AvgIpc) is 2.80. The van der Waals surface area contributed by atoms with E-state index < -0.39 is 0 Å². The Morgan fingerprint density at radius 1 is 1.14 bits per heavy atom. The number of para-hydroxylation sites is 1. The fraction of sp³-hybridized carbons (Fsp3) is 0.118. The number of hydrogen-bond donors (Lipinski definition) is 0. The van der Waals surface area contributed by atoms with Crippen LogP contribution in [0, 0.1) is 11.8 Å². The number of carbonyl (C=O) groups excluding carboxylic acids is 1. The first kappa shape index (κ1) is 14.5. The Morgan fingerprint density at radius 3 is 2.50 bits per heavy atom. The van der Waals surface area contributed by atoms with E-state index in [1.807, 2.05) is 31.2 Å². The monoisotopic (exact) mass is 312 g/mol. The van der Waals surface area contributed by atoms with Crippen molar-refractivity contribution >= 4 is 28.4 Å². The van der Waals surface area contributed by atoms with Gasteiger partial charge in [0.1, 0.15) is 6.54 Å². The second-order valence-corrected chi connectivity index (χ2v) is 5.45. The van der Waals surface area contributed by atoms with Gasteiger partial charge in [0, 0.05) is 27.2 Å². The highest BCUT2D eigenvalue weighted by molar-refractivity contribution is 6.30. The van der Waals surface area contributed by atoms with E-state index in [1.165, 1.54) is 0 Å². The van der Waals surface area contributed by atoms with Crippen LogP contribution in [-0.2, 0) is 6.54 Å². The quantitative estimate of drug-likeness (QED) is 0.666. The highest BCUT2D eigenvalue weighted by atomic mass is 35.5. The van der Waals surface area contributed by atoms with E-state index in [0.29, 0.717) is 10.6 Å². The number of rotatable bonds is 3. The number of halogens is 1. The van der Waals surface area contributed by atoms with Gasteiger partial charge in [-0.3, -0.25) is 9.36 Å². The lowest BCUT2D eigenvalue weighted by atomic mass is 10.1. The largest absolute Gasteiger partial charge is 0.280 e. The minimum Gasteiger partial charge on any atom is -0.280 e. The second-order valence-electron chi connectivity index (χ2n) is 5.02. The van der Waals surface area contributed by atoms with Gasteiger partial charge >= 0.3 is 0 Å². The summed E-state index contributed by atoms with van der Waals surface area (Å²) in [6.45, 7) is 1.88. The van der Waals surface area contributed by atoms with Crippen LogP contribution in [0.2, 0.25) is 5.02 Å². The van der Waals surface area contributed by atoms with Crippen LogP contribution in [0.15, 0.2) is 53.7 Å². The second kappa shape index (κ2) is 5.73. The molecule has 0 aliphatic rings. The highest BCUT2D eigenvalue weighted by Gasteiger charge is 2.19. The van der Waals surface area contributed by atoms with E-state index in [2.05, 4.69) is 5.18 Å². The van der Waals surface area contributed by atoms with Gasteiger partial charge in [0.05, 0.1) is 5.52 Å². The molecule has 2 aromatic carbocycles. The molecule has 3 aromatic rings. The van der Waals surface area contributed by atoms with Crippen molar-refractivity contribution in [3.63, 3.8) is 0 Å². The van der Waals surface area contributed by atoms with Crippen molar-refractivity contribution in [2.75, 3.05) is 0 Å². The zero-order chi connectivity index (χ0) is 15.7. The zero-order valence-corrected chi connectivity index (χ0v) is 12.7. The number of aromatic nitrogens is 1. The molecule has 3 rings (SSSR count). The van der Waals surface area contributed by atoms with Gasteiger partial charge < -0.3 is 0 Å². The van der Waals surface area contributed by atoms with Crippen molar-refractivity contribution in [2.24, 2.45) is 5.18 Å². The molecular formula is C17H13ClN2O2. The SMILES string of the molecule is Cc1c(CN=O)c2ccccc2n1C(=O)c1ccc(Cl)cc1. The first-order valence-corrected chi connectivity index (χ1v) is 7.19. The number of carbonyl (C=O) groups is 1. The van der Waals surface area contributed by atoms with Crippen LogP contribution >= 0.6 is 11.6 Å². The maximum absolute atomic E-state index is 12.8. The summed E-state index contributed by atoms with van der Waals surface area (Å²) in [6, 6.07) is 14.3. The molecule has 0 spiro atoms. The number of nitroso groups, excluding NO2 is 1. The van der Waals surface area contributed by atoms with E-state index in [9.17, 15) is 9.70 Å². The Kier molecular flexibility index (Phi) is 3.77. The molecule has 0 N–H and O–H groups in total. The Bertz CT molecular complexity index is 866. The van der Waals surface area contributed by atoms with E-state index in [-0.39, 0.29) is 12.5 Å². The summed E-state index contributed by atoms with van der Waals surface area (Å²) in [7, 11) is 0. The van der Waals surface area contributed by atoms with Crippen molar-refractivity contribution in [1.82, 2.24) is 4.57 Å². The Balaban J connectivity index is 2.22. The number of benzene rings is 2. The number of hydrogen-bond acceptors (Lipinski definition) is 3. The molecule has 0 fully saturated rings. The molecule has 0 saturated heterocycles. The minimum absolute atomic E-state index is 0.0489. The average molecular weight is 313 g/mol. The van der Waals surface area contributed by atoms with Gasteiger partial charge in [-0.1, -0.05) is 35.0 Å². The maximum atomic E-state index is 12.8. The van der Waals surface area contributed by atoms with E-state index in [4.69, 9.17) is 11.6 Å². The number of nitrogens with zero attached hydrogens (tertiary/aromatic N) is 2. The third-order valence-corrected chi connectivity index (χ3v) is 4.01. The molecular weight excluding hydrogens is 300 g/mol. The summed E-state index contributed by atoms with van der Waals surface area (Å²) in [6.07, 6.45) is 0. The summed E-state index contributed by atoms with van der Waals surface area (Å²) in [4.78, 5) is 23.5. The van der Waals surface area contributed by atoms with Gasteiger partial charge in [0.15, 0.2) is 0 Å². The smallest absolute Gasteiger partial charge is 0.262 e. The molecule has 0 aliphatic heterocycles. The van der Waals surface area contributed by atoms with Gasteiger partial charge in [0.2, 0.25) is 0 Å². The van der Waals surface area contributed by atoms with Crippen molar-refractivity contribution in [3.8, 4) is 0 Å². The Hall–Kier alpha value is -2.46. The molecule has 110 valence electrons. The van der Waals surface area contributed by atoms with Gasteiger partial charge in [-0.25, -0.2) is 0 Å². The van der Waals surface area contributed by atoms with Gasteiger partial charge in [-0.15, -0.1) is 0 Å². The molecule has 22 heavy (non-hydrogen) atoms. The summed E-state index contributed by atoms with van der Waals surface area (Å²) in [5.41, 5.74) is 2.84. The van der Waals surface area contributed by atoms with Gasteiger partial charge in [-0.2, -0.15) is 4.91 Å². The van der Waals surface area contributed by atoms with Crippen LogP contribution < -0.4 is 0 Å². The normalized spacial score (nSPS) is 10.8. The molecule has 0 amide bonds. The topological polar surface area (TPSA) is 51.4 Å². The third-order valence-electron chi connectivity index (χ3n) is 3.76. The summed E-state index contributed by atoms with van der Waals surface area (Å²) >= 11 is 5.87. The van der Waals surface area contributed by atoms with Crippen LogP contribution in [0.4, 0.5) is 0 Å². The molecule has 1 aromatic heterocycles. The molecule has 4 nitrogen and oxygen atoms in total. The lowest BCUT2D eigenvalue weighted by Crippen LogP contribution is -2.13. The molecule has 5 heteroatoms. The Morgan fingerprint density at radius 2 is 1.82 bits per heavy atom. The van der Waals surface area contributed by atoms with E-state index >= 15 is 0 Å². The Labute approximate surface area is 132 Å². The van der Waals surface area contributed by atoms with E-state index in [0.717, 1.165) is 22.2 Å². The van der Waals surface area contributed by atoms with Crippen molar-refractivity contribution < 1.29 is 4.79 Å². The first-order valence-electron chi connectivity index (χ1n) is 6.81. The first-order chi connectivity index (χ1) is 10.6. The summed E-state index contributed by atoms with van der Waals surface area (Å²) in [5.74, 6) is -0.150. The van der Waals surface area contributed by atoms with Crippen LogP contribution in [0.5, 0.6) is 0 Å². The van der Waals surface area contributed by atoms with Gasteiger partial charge in [0.25, 0.3) is 5.91 Å². The molecule has 0 atom stereocenters. The zero-order valence-electron chi connectivity index (χ0n) is 11.9. The minimum atomic E-state index is -0.150. The lowest BCUT2D eigenvalue weighted by Gasteiger charge is -2.07. The third kappa shape index (κ3) is 2.31.